The Bertz CT molecular complexity index is 518. The Balaban J connectivity index is 2.25. The van der Waals surface area contributed by atoms with Gasteiger partial charge in [0.15, 0.2) is 0 Å². The van der Waals surface area contributed by atoms with Crippen LogP contribution in [0.5, 0.6) is 0 Å². The van der Waals surface area contributed by atoms with Gasteiger partial charge in [-0.05, 0) is 29.3 Å². The SMILES string of the molecule is Clc1cccc(/C=C/c2ccccc2Br)c1. The minimum atomic E-state index is 0.759. The molecule has 0 saturated heterocycles. The predicted octanol–water partition coefficient (Wildman–Crippen LogP) is 5.27. The second-order valence-corrected chi connectivity index (χ2v) is 4.70. The van der Waals surface area contributed by atoms with E-state index >= 15 is 0 Å². The third-order valence-electron chi connectivity index (χ3n) is 2.21. The van der Waals surface area contributed by atoms with Gasteiger partial charge < -0.3 is 0 Å². The first-order valence-corrected chi connectivity index (χ1v) is 6.11. The number of hydrogen-bond donors (Lipinski definition) is 0. The lowest BCUT2D eigenvalue weighted by Crippen LogP contribution is -1.74. The highest BCUT2D eigenvalue weighted by molar-refractivity contribution is 9.10. The predicted molar refractivity (Wildman–Crippen MR) is 74.5 cm³/mol. The summed E-state index contributed by atoms with van der Waals surface area (Å²) in [5.74, 6) is 0. The van der Waals surface area contributed by atoms with Crippen LogP contribution in [0.4, 0.5) is 0 Å². The highest BCUT2D eigenvalue weighted by Gasteiger charge is 1.93. The van der Waals surface area contributed by atoms with Gasteiger partial charge in [0.25, 0.3) is 0 Å². The fraction of sp³-hybridized carbons (Fsp3) is 0. The van der Waals surface area contributed by atoms with Gasteiger partial charge in [-0.3, -0.25) is 0 Å². The van der Waals surface area contributed by atoms with Gasteiger partial charge in [0.05, 0.1) is 0 Å². The van der Waals surface area contributed by atoms with E-state index in [4.69, 9.17) is 11.6 Å². The molecule has 0 nitrogen and oxygen atoms in total. The number of rotatable bonds is 2. The Labute approximate surface area is 109 Å². The highest BCUT2D eigenvalue weighted by Crippen LogP contribution is 2.19. The Morgan fingerprint density at radius 1 is 0.938 bits per heavy atom. The summed E-state index contributed by atoms with van der Waals surface area (Å²) >= 11 is 9.42. The third kappa shape index (κ3) is 2.97. The standard InChI is InChI=1S/C14H10BrCl/c15-14-7-2-1-5-12(14)9-8-11-4-3-6-13(16)10-11/h1-10H/b9-8+. The molecule has 16 heavy (non-hydrogen) atoms. The van der Waals surface area contributed by atoms with Crippen LogP contribution >= 0.6 is 27.5 Å². The zero-order valence-electron chi connectivity index (χ0n) is 8.53. The van der Waals surface area contributed by atoms with Crippen molar-refractivity contribution in [3.8, 4) is 0 Å². The van der Waals surface area contributed by atoms with Crippen molar-refractivity contribution in [1.82, 2.24) is 0 Å². The van der Waals surface area contributed by atoms with E-state index < -0.39 is 0 Å². The van der Waals surface area contributed by atoms with Crippen LogP contribution in [0.15, 0.2) is 53.0 Å². The van der Waals surface area contributed by atoms with E-state index in [-0.39, 0.29) is 0 Å². The van der Waals surface area contributed by atoms with Gasteiger partial charge in [-0.25, -0.2) is 0 Å². The summed E-state index contributed by atoms with van der Waals surface area (Å²) in [6.07, 6.45) is 4.11. The maximum atomic E-state index is 5.91. The van der Waals surface area contributed by atoms with Crippen LogP contribution in [0.25, 0.3) is 12.2 Å². The molecule has 2 rings (SSSR count). The Morgan fingerprint density at radius 3 is 2.50 bits per heavy atom. The molecule has 0 aliphatic heterocycles. The van der Waals surface area contributed by atoms with E-state index in [1.807, 2.05) is 48.5 Å². The number of benzene rings is 2. The third-order valence-corrected chi connectivity index (χ3v) is 3.17. The van der Waals surface area contributed by atoms with Crippen molar-refractivity contribution in [3.05, 3.63) is 69.2 Å². The second kappa shape index (κ2) is 5.33. The first-order chi connectivity index (χ1) is 7.75. The molecule has 0 amide bonds. The monoisotopic (exact) mass is 292 g/mol. The molecule has 2 heteroatoms. The summed E-state index contributed by atoms with van der Waals surface area (Å²) < 4.78 is 1.09. The minimum Gasteiger partial charge on any atom is -0.0843 e. The van der Waals surface area contributed by atoms with E-state index in [9.17, 15) is 0 Å². The average Bonchev–Trinajstić information content (AvgIpc) is 2.28. The largest absolute Gasteiger partial charge is 0.0843 e. The van der Waals surface area contributed by atoms with Crippen LogP contribution in [0.2, 0.25) is 5.02 Å². The molecular formula is C14H10BrCl. The molecule has 0 N–H and O–H groups in total. The lowest BCUT2D eigenvalue weighted by atomic mass is 10.1. The van der Waals surface area contributed by atoms with Crippen LogP contribution in [0.1, 0.15) is 11.1 Å². The van der Waals surface area contributed by atoms with Gasteiger partial charge in [-0.1, -0.05) is 70.0 Å². The number of hydrogen-bond acceptors (Lipinski definition) is 0. The Morgan fingerprint density at radius 2 is 1.75 bits per heavy atom. The molecule has 0 atom stereocenters. The molecule has 0 bridgehead atoms. The van der Waals surface area contributed by atoms with Crippen LogP contribution in [-0.4, -0.2) is 0 Å². The van der Waals surface area contributed by atoms with Crippen LogP contribution < -0.4 is 0 Å². The van der Waals surface area contributed by atoms with E-state index in [1.54, 1.807) is 0 Å². The van der Waals surface area contributed by atoms with E-state index in [0.717, 1.165) is 20.6 Å². The van der Waals surface area contributed by atoms with Gasteiger partial charge >= 0.3 is 0 Å². The van der Waals surface area contributed by atoms with Gasteiger partial charge in [-0.15, -0.1) is 0 Å². The fourth-order valence-corrected chi connectivity index (χ4v) is 2.02. The summed E-state index contributed by atoms with van der Waals surface area (Å²) in [7, 11) is 0. The zero-order chi connectivity index (χ0) is 11.4. The first-order valence-electron chi connectivity index (χ1n) is 4.94. The summed E-state index contributed by atoms with van der Waals surface area (Å²) in [4.78, 5) is 0. The summed E-state index contributed by atoms with van der Waals surface area (Å²) in [5, 5.41) is 0.759. The van der Waals surface area contributed by atoms with Crippen molar-refractivity contribution >= 4 is 39.7 Å². The summed E-state index contributed by atoms with van der Waals surface area (Å²) in [6, 6.07) is 15.9. The van der Waals surface area contributed by atoms with E-state index in [2.05, 4.69) is 28.1 Å². The summed E-state index contributed by atoms with van der Waals surface area (Å²) in [5.41, 5.74) is 2.26. The van der Waals surface area contributed by atoms with Crippen LogP contribution in [0.3, 0.4) is 0 Å². The maximum Gasteiger partial charge on any atom is 0.0411 e. The smallest absolute Gasteiger partial charge is 0.0411 e. The first kappa shape index (κ1) is 11.4. The number of halogens is 2. The van der Waals surface area contributed by atoms with E-state index in [1.165, 1.54) is 0 Å². The zero-order valence-corrected chi connectivity index (χ0v) is 10.9. The molecule has 0 spiro atoms. The van der Waals surface area contributed by atoms with Crippen molar-refractivity contribution < 1.29 is 0 Å². The normalized spacial score (nSPS) is 10.9. The van der Waals surface area contributed by atoms with Crippen molar-refractivity contribution in [1.29, 1.82) is 0 Å². The van der Waals surface area contributed by atoms with Gasteiger partial charge in [-0.2, -0.15) is 0 Å². The average molecular weight is 294 g/mol. The molecule has 0 aliphatic carbocycles. The molecule has 80 valence electrons. The molecule has 0 saturated carbocycles. The molecule has 2 aromatic carbocycles. The second-order valence-electron chi connectivity index (χ2n) is 3.41. The van der Waals surface area contributed by atoms with Gasteiger partial charge in [0.2, 0.25) is 0 Å². The van der Waals surface area contributed by atoms with Crippen molar-refractivity contribution in [2.75, 3.05) is 0 Å². The molecule has 0 fully saturated rings. The molecular weight excluding hydrogens is 284 g/mol. The lowest BCUT2D eigenvalue weighted by Gasteiger charge is -1.97. The Hall–Kier alpha value is -1.05. The molecule has 0 aromatic heterocycles. The quantitative estimate of drug-likeness (QED) is 0.661. The highest BCUT2D eigenvalue weighted by atomic mass is 79.9. The van der Waals surface area contributed by atoms with Crippen molar-refractivity contribution in [2.24, 2.45) is 0 Å². The topological polar surface area (TPSA) is 0 Å². The molecule has 0 radical (unpaired) electrons. The molecule has 2 aromatic rings. The minimum absolute atomic E-state index is 0.759. The van der Waals surface area contributed by atoms with Gasteiger partial charge in [0.1, 0.15) is 0 Å². The molecule has 0 aliphatic rings. The van der Waals surface area contributed by atoms with Crippen LogP contribution in [0, 0.1) is 0 Å². The van der Waals surface area contributed by atoms with Crippen molar-refractivity contribution in [3.63, 3.8) is 0 Å². The molecule has 0 unspecified atom stereocenters. The lowest BCUT2D eigenvalue weighted by molar-refractivity contribution is 1.60. The van der Waals surface area contributed by atoms with Gasteiger partial charge in [0, 0.05) is 9.50 Å². The van der Waals surface area contributed by atoms with Crippen molar-refractivity contribution in [2.45, 2.75) is 0 Å². The Kier molecular flexibility index (Phi) is 3.81. The van der Waals surface area contributed by atoms with Crippen LogP contribution in [-0.2, 0) is 0 Å². The maximum absolute atomic E-state index is 5.91. The fourth-order valence-electron chi connectivity index (χ4n) is 1.41. The summed E-state index contributed by atoms with van der Waals surface area (Å²) in [6.45, 7) is 0. The van der Waals surface area contributed by atoms with E-state index in [0.29, 0.717) is 0 Å². The molecule has 0 heterocycles.